The molecule has 6 heteroatoms. The first-order valence-electron chi connectivity index (χ1n) is 6.77. The van der Waals surface area contributed by atoms with E-state index < -0.39 is 0 Å². The van der Waals surface area contributed by atoms with Crippen molar-refractivity contribution in [3.63, 3.8) is 0 Å². The first-order valence-corrected chi connectivity index (χ1v) is 7.59. The predicted molar refractivity (Wildman–Crippen MR) is 74.8 cm³/mol. The molecule has 0 atom stereocenters. The van der Waals surface area contributed by atoms with Crippen LogP contribution in [0, 0.1) is 0 Å². The van der Waals surface area contributed by atoms with Crippen molar-refractivity contribution in [2.45, 2.75) is 19.3 Å². The van der Waals surface area contributed by atoms with Crippen molar-refractivity contribution in [1.29, 1.82) is 0 Å². The van der Waals surface area contributed by atoms with E-state index in [2.05, 4.69) is 26.1 Å². The number of hydrogen-bond acceptors (Lipinski definition) is 5. The van der Waals surface area contributed by atoms with E-state index in [1.54, 1.807) is 0 Å². The molecule has 3 heterocycles. The number of morpholine rings is 1. The minimum Gasteiger partial charge on any atom is -0.378 e. The third kappa shape index (κ3) is 2.04. The van der Waals surface area contributed by atoms with Crippen molar-refractivity contribution in [2.24, 2.45) is 0 Å². The lowest BCUT2D eigenvalue weighted by Gasteiger charge is -2.25. The highest BCUT2D eigenvalue weighted by atomic mass is 32.1. The van der Waals surface area contributed by atoms with Crippen molar-refractivity contribution < 1.29 is 4.74 Å². The van der Waals surface area contributed by atoms with Crippen molar-refractivity contribution in [3.8, 4) is 10.7 Å². The van der Waals surface area contributed by atoms with Crippen LogP contribution >= 0.6 is 11.3 Å². The molecule has 1 fully saturated rings. The maximum atomic E-state index is 5.35. The summed E-state index contributed by atoms with van der Waals surface area (Å²) in [7, 11) is 0. The van der Waals surface area contributed by atoms with E-state index in [4.69, 9.17) is 4.74 Å². The number of anilines is 1. The van der Waals surface area contributed by atoms with Crippen LogP contribution in [0.1, 0.15) is 16.9 Å². The van der Waals surface area contributed by atoms with Gasteiger partial charge in [-0.1, -0.05) is 0 Å². The van der Waals surface area contributed by atoms with E-state index in [-0.39, 0.29) is 0 Å². The Morgan fingerprint density at radius 3 is 3.00 bits per heavy atom. The summed E-state index contributed by atoms with van der Waals surface area (Å²) in [6.07, 6.45) is 3.75. The molecule has 1 N–H and O–H groups in total. The van der Waals surface area contributed by atoms with E-state index in [1.165, 1.54) is 34.6 Å². The molecule has 0 bridgehead atoms. The highest BCUT2D eigenvalue weighted by Crippen LogP contribution is 2.35. The molecule has 2 aliphatic rings. The quantitative estimate of drug-likeness (QED) is 0.909. The number of aromatic amines is 1. The molecule has 0 spiro atoms. The third-order valence-electron chi connectivity index (χ3n) is 3.75. The molecule has 1 aliphatic heterocycles. The first-order chi connectivity index (χ1) is 9.40. The second-order valence-corrected chi connectivity index (χ2v) is 6.13. The van der Waals surface area contributed by atoms with E-state index >= 15 is 0 Å². The molecule has 0 aromatic carbocycles. The van der Waals surface area contributed by atoms with E-state index in [0.29, 0.717) is 0 Å². The van der Waals surface area contributed by atoms with Crippen molar-refractivity contribution in [1.82, 2.24) is 15.2 Å². The summed E-state index contributed by atoms with van der Waals surface area (Å²) >= 11 is 1.86. The van der Waals surface area contributed by atoms with Gasteiger partial charge in [0, 0.05) is 18.0 Å². The summed E-state index contributed by atoms with van der Waals surface area (Å²) in [5.74, 6) is 1.70. The average molecular weight is 276 g/mol. The predicted octanol–water partition coefficient (Wildman–Crippen LogP) is 1.86. The van der Waals surface area contributed by atoms with Crippen molar-refractivity contribution in [3.05, 3.63) is 16.5 Å². The summed E-state index contributed by atoms with van der Waals surface area (Å²) in [5, 5.41) is 7.41. The fourth-order valence-corrected chi connectivity index (χ4v) is 3.91. The highest BCUT2D eigenvalue weighted by molar-refractivity contribution is 7.15. The van der Waals surface area contributed by atoms with Gasteiger partial charge in [0.25, 0.3) is 0 Å². The van der Waals surface area contributed by atoms with Crippen molar-refractivity contribution in [2.75, 3.05) is 31.2 Å². The molecule has 2 aromatic rings. The molecule has 0 saturated carbocycles. The molecule has 0 radical (unpaired) electrons. The Hall–Kier alpha value is -1.40. The molecule has 5 nitrogen and oxygen atoms in total. The van der Waals surface area contributed by atoms with Gasteiger partial charge in [0.05, 0.1) is 18.1 Å². The number of hydrogen-bond donors (Lipinski definition) is 1. The smallest absolute Gasteiger partial charge is 0.245 e. The fraction of sp³-hybridized carbons (Fsp3) is 0.538. The van der Waals surface area contributed by atoms with Gasteiger partial charge >= 0.3 is 0 Å². The van der Waals surface area contributed by atoms with Crippen LogP contribution in [0.4, 0.5) is 5.95 Å². The largest absolute Gasteiger partial charge is 0.378 e. The number of aromatic nitrogens is 3. The SMILES string of the molecule is c1c(-c2nc(N3CCOCC3)n[nH]2)sc2c1CCC2. The zero-order valence-electron chi connectivity index (χ0n) is 10.7. The van der Waals surface area contributed by atoms with Crippen LogP contribution in [0.2, 0.25) is 0 Å². The molecule has 100 valence electrons. The molecular weight excluding hydrogens is 260 g/mol. The normalized spacial score (nSPS) is 18.8. The van der Waals surface area contributed by atoms with Gasteiger partial charge in [-0.15, -0.1) is 16.4 Å². The Kier molecular flexibility index (Phi) is 2.77. The van der Waals surface area contributed by atoms with Gasteiger partial charge < -0.3 is 9.64 Å². The van der Waals surface area contributed by atoms with Gasteiger partial charge in [-0.25, -0.2) is 0 Å². The van der Waals surface area contributed by atoms with Gasteiger partial charge in [0.15, 0.2) is 5.82 Å². The fourth-order valence-electron chi connectivity index (χ4n) is 2.71. The number of thiophene rings is 1. The van der Waals surface area contributed by atoms with Crippen LogP contribution < -0.4 is 4.90 Å². The van der Waals surface area contributed by atoms with Crippen molar-refractivity contribution >= 4 is 17.3 Å². The number of aryl methyl sites for hydroxylation is 2. The lowest BCUT2D eigenvalue weighted by molar-refractivity contribution is 0.122. The Morgan fingerprint density at radius 2 is 2.16 bits per heavy atom. The van der Waals surface area contributed by atoms with Crippen LogP contribution in [0.3, 0.4) is 0 Å². The van der Waals surface area contributed by atoms with Gasteiger partial charge in [-0.05, 0) is 30.9 Å². The summed E-state index contributed by atoms with van der Waals surface area (Å²) < 4.78 is 5.35. The lowest BCUT2D eigenvalue weighted by atomic mass is 10.2. The molecule has 0 unspecified atom stereocenters. The topological polar surface area (TPSA) is 54.0 Å². The maximum Gasteiger partial charge on any atom is 0.245 e. The lowest BCUT2D eigenvalue weighted by Crippen LogP contribution is -2.36. The second-order valence-electron chi connectivity index (χ2n) is 5.00. The summed E-state index contributed by atoms with van der Waals surface area (Å²) in [6.45, 7) is 3.27. The van der Waals surface area contributed by atoms with Crippen LogP contribution in [0.25, 0.3) is 10.7 Å². The van der Waals surface area contributed by atoms with Gasteiger partial charge in [0.1, 0.15) is 0 Å². The third-order valence-corrected chi connectivity index (χ3v) is 4.99. The van der Waals surface area contributed by atoms with E-state index in [9.17, 15) is 0 Å². The molecule has 1 saturated heterocycles. The van der Waals surface area contributed by atoms with E-state index in [0.717, 1.165) is 38.1 Å². The van der Waals surface area contributed by atoms with E-state index in [1.807, 2.05) is 11.3 Å². The number of ether oxygens (including phenoxy) is 1. The Balaban J connectivity index is 1.59. The van der Waals surface area contributed by atoms with Crippen LogP contribution in [-0.4, -0.2) is 41.5 Å². The number of fused-ring (bicyclic) bond motifs is 1. The molecule has 2 aromatic heterocycles. The summed E-state index contributed by atoms with van der Waals surface area (Å²) in [5.41, 5.74) is 1.50. The van der Waals surface area contributed by atoms with Gasteiger partial charge in [-0.3, -0.25) is 5.10 Å². The number of rotatable bonds is 2. The van der Waals surface area contributed by atoms with Gasteiger partial charge in [0.2, 0.25) is 5.95 Å². The monoisotopic (exact) mass is 276 g/mol. The van der Waals surface area contributed by atoms with Crippen LogP contribution in [-0.2, 0) is 17.6 Å². The first kappa shape index (κ1) is 11.4. The summed E-state index contributed by atoms with van der Waals surface area (Å²) in [6, 6.07) is 2.27. The summed E-state index contributed by atoms with van der Waals surface area (Å²) in [4.78, 5) is 9.55. The minimum atomic E-state index is 0.761. The molecular formula is C13H16N4OS. The maximum absolute atomic E-state index is 5.35. The minimum absolute atomic E-state index is 0.761. The van der Waals surface area contributed by atoms with Gasteiger partial charge in [-0.2, -0.15) is 4.98 Å². The number of H-pyrrole nitrogens is 1. The van der Waals surface area contributed by atoms with Crippen LogP contribution in [0.15, 0.2) is 6.07 Å². The Labute approximate surface area is 115 Å². The Morgan fingerprint density at radius 1 is 1.26 bits per heavy atom. The Bertz CT molecular complexity index is 564. The zero-order valence-corrected chi connectivity index (χ0v) is 11.5. The molecule has 1 aliphatic carbocycles. The average Bonchev–Trinajstić information content (AvgIpc) is 3.14. The number of nitrogens with one attached hydrogen (secondary N) is 1. The molecule has 0 amide bonds. The standard InChI is InChI=1S/C13H16N4OS/c1-2-9-8-11(19-10(9)3-1)12-14-13(16-15-12)17-4-6-18-7-5-17/h8H,1-7H2,(H,14,15,16). The van der Waals surface area contributed by atoms with Crippen LogP contribution in [0.5, 0.6) is 0 Å². The second kappa shape index (κ2) is 4.61. The zero-order chi connectivity index (χ0) is 12.7. The molecule has 4 rings (SSSR count). The highest BCUT2D eigenvalue weighted by Gasteiger charge is 2.19. The number of nitrogens with zero attached hydrogens (tertiary/aromatic N) is 3. The molecule has 19 heavy (non-hydrogen) atoms.